The molecule has 0 bridgehead atoms. The minimum absolute atomic E-state index is 0.0464. The summed E-state index contributed by atoms with van der Waals surface area (Å²) in [5, 5.41) is 11.3. The summed E-state index contributed by atoms with van der Waals surface area (Å²) in [6.07, 6.45) is -0.0886. The van der Waals surface area contributed by atoms with Gasteiger partial charge in [0.25, 0.3) is 5.91 Å². The van der Waals surface area contributed by atoms with E-state index in [2.05, 4.69) is 27.2 Å². The SMILES string of the molecule is CN(C)C[C@@H]1OCCN(C(=O)c2cc(-c3ccsc3)n[nH]2)[C@H]1c1ccccc1. The highest BCUT2D eigenvalue weighted by Gasteiger charge is 2.37. The van der Waals surface area contributed by atoms with Crippen molar-refractivity contribution in [1.82, 2.24) is 20.0 Å². The summed E-state index contributed by atoms with van der Waals surface area (Å²) in [4.78, 5) is 17.4. The number of nitrogens with one attached hydrogen (secondary N) is 1. The minimum atomic E-state index is -0.141. The van der Waals surface area contributed by atoms with Crippen LogP contribution in [0.2, 0.25) is 0 Å². The van der Waals surface area contributed by atoms with Gasteiger partial charge in [-0.25, -0.2) is 0 Å². The van der Waals surface area contributed by atoms with Gasteiger partial charge in [-0.05, 0) is 37.2 Å². The van der Waals surface area contributed by atoms with Gasteiger partial charge in [0.15, 0.2) is 0 Å². The van der Waals surface area contributed by atoms with Crippen LogP contribution in [0.4, 0.5) is 0 Å². The van der Waals surface area contributed by atoms with Crippen LogP contribution in [0.15, 0.2) is 53.2 Å². The molecule has 0 aliphatic carbocycles. The van der Waals surface area contributed by atoms with E-state index in [4.69, 9.17) is 4.74 Å². The Labute approximate surface area is 168 Å². The molecule has 3 aromatic rings. The first-order valence-electron chi connectivity index (χ1n) is 9.33. The summed E-state index contributed by atoms with van der Waals surface area (Å²) >= 11 is 1.61. The summed E-state index contributed by atoms with van der Waals surface area (Å²) in [5.74, 6) is -0.0464. The number of aromatic nitrogens is 2. The van der Waals surface area contributed by atoms with Gasteiger partial charge < -0.3 is 14.5 Å². The molecule has 0 unspecified atom stereocenters. The lowest BCUT2D eigenvalue weighted by Crippen LogP contribution is -2.51. The number of H-pyrrole nitrogens is 1. The van der Waals surface area contributed by atoms with Crippen molar-refractivity contribution in [3.05, 3.63) is 64.5 Å². The average molecular weight is 397 g/mol. The van der Waals surface area contributed by atoms with Crippen molar-refractivity contribution in [3.8, 4) is 11.3 Å². The van der Waals surface area contributed by atoms with Crippen LogP contribution in [0, 0.1) is 0 Å². The first-order chi connectivity index (χ1) is 13.6. The Bertz CT molecular complexity index is 908. The molecule has 0 spiro atoms. The van der Waals surface area contributed by atoms with E-state index in [1.54, 1.807) is 11.3 Å². The second-order valence-corrected chi connectivity index (χ2v) is 7.98. The summed E-state index contributed by atoms with van der Waals surface area (Å²) in [7, 11) is 4.04. The summed E-state index contributed by atoms with van der Waals surface area (Å²) in [6, 6.07) is 13.8. The number of thiophene rings is 1. The molecule has 3 heterocycles. The fourth-order valence-electron chi connectivity index (χ4n) is 3.66. The van der Waals surface area contributed by atoms with Crippen LogP contribution in [-0.4, -0.2) is 65.8 Å². The molecule has 2 aromatic heterocycles. The molecule has 1 fully saturated rings. The van der Waals surface area contributed by atoms with E-state index in [-0.39, 0.29) is 18.1 Å². The zero-order valence-electron chi connectivity index (χ0n) is 16.0. The molecule has 0 saturated carbocycles. The second kappa shape index (κ2) is 8.26. The predicted octanol–water partition coefficient (Wildman–Crippen LogP) is 3.28. The third-order valence-electron chi connectivity index (χ3n) is 4.92. The molecule has 1 N–H and O–H groups in total. The van der Waals surface area contributed by atoms with E-state index in [1.807, 2.05) is 60.1 Å². The van der Waals surface area contributed by atoms with E-state index in [0.717, 1.165) is 23.4 Å². The maximum Gasteiger partial charge on any atom is 0.272 e. The van der Waals surface area contributed by atoms with E-state index < -0.39 is 0 Å². The van der Waals surface area contributed by atoms with Crippen LogP contribution in [0.25, 0.3) is 11.3 Å². The lowest BCUT2D eigenvalue weighted by atomic mass is 9.97. The number of nitrogens with zero attached hydrogens (tertiary/aromatic N) is 3. The van der Waals surface area contributed by atoms with Crippen molar-refractivity contribution >= 4 is 17.2 Å². The largest absolute Gasteiger partial charge is 0.373 e. The maximum atomic E-state index is 13.4. The van der Waals surface area contributed by atoms with Crippen molar-refractivity contribution in [1.29, 1.82) is 0 Å². The second-order valence-electron chi connectivity index (χ2n) is 7.20. The van der Waals surface area contributed by atoms with Gasteiger partial charge in [0.2, 0.25) is 0 Å². The quantitative estimate of drug-likeness (QED) is 0.719. The van der Waals surface area contributed by atoms with Crippen molar-refractivity contribution in [2.45, 2.75) is 12.1 Å². The number of ether oxygens (including phenoxy) is 1. The summed E-state index contributed by atoms with van der Waals surface area (Å²) in [6.45, 7) is 1.82. The van der Waals surface area contributed by atoms with Gasteiger partial charge in [0, 0.05) is 24.0 Å². The number of morpholine rings is 1. The molecule has 0 radical (unpaired) electrons. The summed E-state index contributed by atoms with van der Waals surface area (Å²) < 4.78 is 6.08. The number of likely N-dealkylation sites (N-methyl/N-ethyl adjacent to an activating group) is 1. The Morgan fingerprint density at radius 3 is 2.86 bits per heavy atom. The molecule has 1 aliphatic rings. The van der Waals surface area contributed by atoms with E-state index in [1.165, 1.54) is 0 Å². The molecule has 1 aliphatic heterocycles. The molecule has 146 valence electrons. The standard InChI is InChI=1S/C21H24N4O2S/c1-24(2)13-19-20(15-6-4-3-5-7-15)25(9-10-27-19)21(26)18-12-17(22-23-18)16-8-11-28-14-16/h3-8,11-12,14,19-20H,9-10,13H2,1-2H3,(H,22,23)/t19-,20-/m0/s1. The fourth-order valence-corrected chi connectivity index (χ4v) is 4.31. The van der Waals surface area contributed by atoms with Gasteiger partial charge in [-0.15, -0.1) is 0 Å². The zero-order valence-corrected chi connectivity index (χ0v) is 16.9. The van der Waals surface area contributed by atoms with Gasteiger partial charge in [0.05, 0.1) is 24.4 Å². The topological polar surface area (TPSA) is 61.5 Å². The molecule has 1 saturated heterocycles. The van der Waals surface area contributed by atoms with E-state index >= 15 is 0 Å². The molecule has 7 heteroatoms. The Balaban J connectivity index is 1.64. The van der Waals surface area contributed by atoms with Crippen molar-refractivity contribution < 1.29 is 9.53 Å². The van der Waals surface area contributed by atoms with Gasteiger partial charge >= 0.3 is 0 Å². The van der Waals surface area contributed by atoms with Crippen LogP contribution in [-0.2, 0) is 4.74 Å². The number of rotatable bonds is 5. The van der Waals surface area contributed by atoms with Crippen molar-refractivity contribution in [3.63, 3.8) is 0 Å². The molecule has 4 rings (SSSR count). The van der Waals surface area contributed by atoms with E-state index in [9.17, 15) is 4.79 Å². The minimum Gasteiger partial charge on any atom is -0.373 e. The van der Waals surface area contributed by atoms with Gasteiger partial charge in [0.1, 0.15) is 5.69 Å². The number of hydrogen-bond acceptors (Lipinski definition) is 5. The first-order valence-corrected chi connectivity index (χ1v) is 10.3. The molecule has 6 nitrogen and oxygen atoms in total. The highest BCUT2D eigenvalue weighted by atomic mass is 32.1. The number of hydrogen-bond donors (Lipinski definition) is 1. The van der Waals surface area contributed by atoms with Crippen LogP contribution < -0.4 is 0 Å². The lowest BCUT2D eigenvalue weighted by molar-refractivity contribution is -0.0686. The van der Waals surface area contributed by atoms with Gasteiger partial charge in [-0.2, -0.15) is 16.4 Å². The van der Waals surface area contributed by atoms with Gasteiger partial charge in [-0.3, -0.25) is 9.89 Å². The number of aromatic amines is 1. The number of amides is 1. The smallest absolute Gasteiger partial charge is 0.272 e. The average Bonchev–Trinajstić information content (AvgIpc) is 3.39. The highest BCUT2D eigenvalue weighted by molar-refractivity contribution is 7.08. The maximum absolute atomic E-state index is 13.4. The Hall–Kier alpha value is -2.48. The molecular formula is C21H24N4O2S. The van der Waals surface area contributed by atoms with Crippen LogP contribution >= 0.6 is 11.3 Å². The lowest BCUT2D eigenvalue weighted by Gasteiger charge is -2.42. The van der Waals surface area contributed by atoms with Crippen LogP contribution in [0.3, 0.4) is 0 Å². The fraction of sp³-hybridized carbons (Fsp3) is 0.333. The highest BCUT2D eigenvalue weighted by Crippen LogP contribution is 2.31. The monoisotopic (exact) mass is 396 g/mol. The normalized spacial score (nSPS) is 19.9. The molecular weight excluding hydrogens is 372 g/mol. The predicted molar refractivity (Wildman–Crippen MR) is 110 cm³/mol. The Morgan fingerprint density at radius 2 is 2.14 bits per heavy atom. The number of carbonyl (C=O) groups is 1. The number of benzene rings is 1. The van der Waals surface area contributed by atoms with E-state index in [0.29, 0.717) is 18.8 Å². The molecule has 2 atom stereocenters. The third-order valence-corrected chi connectivity index (χ3v) is 5.61. The Kier molecular flexibility index (Phi) is 5.57. The van der Waals surface area contributed by atoms with Crippen LogP contribution in [0.1, 0.15) is 22.1 Å². The molecule has 1 aromatic carbocycles. The van der Waals surface area contributed by atoms with Crippen LogP contribution in [0.5, 0.6) is 0 Å². The third kappa shape index (κ3) is 3.87. The molecule has 1 amide bonds. The van der Waals surface area contributed by atoms with Gasteiger partial charge in [-0.1, -0.05) is 30.3 Å². The summed E-state index contributed by atoms with van der Waals surface area (Å²) in [5.41, 5.74) is 3.40. The van der Waals surface area contributed by atoms with Crippen molar-refractivity contribution in [2.24, 2.45) is 0 Å². The van der Waals surface area contributed by atoms with Crippen molar-refractivity contribution in [2.75, 3.05) is 33.8 Å². The molecule has 28 heavy (non-hydrogen) atoms. The number of carbonyl (C=O) groups excluding carboxylic acids is 1. The zero-order chi connectivity index (χ0) is 19.5. The first kappa shape index (κ1) is 18.9. The Morgan fingerprint density at radius 1 is 1.32 bits per heavy atom.